The summed E-state index contributed by atoms with van der Waals surface area (Å²) in [5, 5.41) is 8.71. The zero-order valence-electron chi connectivity index (χ0n) is 21.8. The van der Waals surface area contributed by atoms with Gasteiger partial charge in [0, 0.05) is 34.3 Å². The van der Waals surface area contributed by atoms with Gasteiger partial charge in [-0.05, 0) is 49.6 Å². The van der Waals surface area contributed by atoms with Gasteiger partial charge >= 0.3 is 0 Å². The fourth-order valence-electron chi connectivity index (χ4n) is 4.44. The lowest BCUT2D eigenvalue weighted by molar-refractivity contribution is -0.123. The van der Waals surface area contributed by atoms with Crippen LogP contribution in [0, 0.1) is 19.8 Å². The second-order valence-electron chi connectivity index (χ2n) is 9.65. The summed E-state index contributed by atoms with van der Waals surface area (Å²) >= 11 is 12.0. The SMILES string of the molecule is Cc1cccc(Cn2c(C)c(/C=N\NC(=O)C(NC(=O)c3ccc(Cl)c(Cl)c3)C(C)C)c3ccccc32)c1. The lowest BCUT2D eigenvalue weighted by atomic mass is 10.0. The van der Waals surface area contributed by atoms with Gasteiger partial charge in [0.15, 0.2) is 0 Å². The number of carbonyl (C=O) groups excluding carboxylic acids is 2. The zero-order chi connectivity index (χ0) is 27.4. The molecule has 0 aliphatic heterocycles. The van der Waals surface area contributed by atoms with Crippen molar-refractivity contribution in [3.63, 3.8) is 0 Å². The molecule has 4 aromatic rings. The van der Waals surface area contributed by atoms with Crippen LogP contribution in [0.25, 0.3) is 10.9 Å². The second-order valence-corrected chi connectivity index (χ2v) is 10.5. The predicted molar refractivity (Wildman–Crippen MR) is 155 cm³/mol. The molecule has 2 amide bonds. The number of nitrogens with zero attached hydrogens (tertiary/aromatic N) is 2. The number of halogens is 2. The summed E-state index contributed by atoms with van der Waals surface area (Å²) in [7, 11) is 0. The number of hydrazone groups is 1. The Morgan fingerprint density at radius 1 is 0.974 bits per heavy atom. The van der Waals surface area contributed by atoms with Gasteiger partial charge in [0.25, 0.3) is 11.8 Å². The molecule has 2 N–H and O–H groups in total. The smallest absolute Gasteiger partial charge is 0.262 e. The Labute approximate surface area is 232 Å². The Bertz CT molecular complexity index is 1520. The maximum Gasteiger partial charge on any atom is 0.262 e. The number of para-hydroxylation sites is 1. The van der Waals surface area contributed by atoms with Crippen LogP contribution in [-0.4, -0.2) is 28.6 Å². The van der Waals surface area contributed by atoms with E-state index in [1.807, 2.05) is 39.0 Å². The molecule has 8 heteroatoms. The van der Waals surface area contributed by atoms with E-state index in [1.165, 1.54) is 17.2 Å². The van der Waals surface area contributed by atoms with Gasteiger partial charge in [-0.2, -0.15) is 5.10 Å². The van der Waals surface area contributed by atoms with E-state index in [-0.39, 0.29) is 10.9 Å². The van der Waals surface area contributed by atoms with Crippen LogP contribution < -0.4 is 10.7 Å². The summed E-state index contributed by atoms with van der Waals surface area (Å²) in [6, 6.07) is 20.4. The van der Waals surface area contributed by atoms with Crippen LogP contribution in [0.2, 0.25) is 10.0 Å². The molecule has 0 spiro atoms. The molecule has 196 valence electrons. The van der Waals surface area contributed by atoms with Crippen molar-refractivity contribution >= 4 is 52.1 Å². The number of amides is 2. The maximum absolute atomic E-state index is 13.0. The summed E-state index contributed by atoms with van der Waals surface area (Å²) < 4.78 is 2.25. The number of carbonyl (C=O) groups is 2. The molecule has 0 saturated carbocycles. The fraction of sp³-hybridized carbons (Fsp3) is 0.233. The first kappa shape index (κ1) is 27.4. The van der Waals surface area contributed by atoms with E-state index in [0.717, 1.165) is 28.7 Å². The minimum Gasteiger partial charge on any atom is -0.340 e. The molecule has 38 heavy (non-hydrogen) atoms. The van der Waals surface area contributed by atoms with Crippen LogP contribution >= 0.6 is 23.2 Å². The van der Waals surface area contributed by atoms with E-state index in [1.54, 1.807) is 18.3 Å². The third kappa shape index (κ3) is 6.09. The average molecular weight is 550 g/mol. The van der Waals surface area contributed by atoms with Gasteiger partial charge in [0.1, 0.15) is 6.04 Å². The first-order chi connectivity index (χ1) is 18.2. The molecule has 0 bridgehead atoms. The maximum atomic E-state index is 13.0. The lowest BCUT2D eigenvalue weighted by Gasteiger charge is -2.20. The lowest BCUT2D eigenvalue weighted by Crippen LogP contribution is -2.48. The molecule has 0 radical (unpaired) electrons. The molecule has 4 rings (SSSR count). The molecule has 0 aliphatic rings. The Balaban J connectivity index is 1.53. The van der Waals surface area contributed by atoms with E-state index in [0.29, 0.717) is 10.6 Å². The minimum atomic E-state index is -0.794. The molecule has 6 nitrogen and oxygen atoms in total. The summed E-state index contributed by atoms with van der Waals surface area (Å²) in [6.07, 6.45) is 1.67. The predicted octanol–water partition coefficient (Wildman–Crippen LogP) is 6.52. The second kappa shape index (κ2) is 11.8. The molecular weight excluding hydrogens is 519 g/mol. The molecular formula is C30H30Cl2N4O2. The highest BCUT2D eigenvalue weighted by atomic mass is 35.5. The van der Waals surface area contributed by atoms with Crippen molar-refractivity contribution in [3.05, 3.63) is 105 Å². The third-order valence-electron chi connectivity index (χ3n) is 6.49. The molecule has 1 unspecified atom stereocenters. The van der Waals surface area contributed by atoms with Gasteiger partial charge in [0.05, 0.1) is 16.3 Å². The van der Waals surface area contributed by atoms with Gasteiger partial charge in [-0.1, -0.05) is 85.1 Å². The molecule has 1 atom stereocenters. The summed E-state index contributed by atoms with van der Waals surface area (Å²) in [5.41, 5.74) is 8.41. The normalized spacial score (nSPS) is 12.3. The highest BCUT2D eigenvalue weighted by Crippen LogP contribution is 2.26. The van der Waals surface area contributed by atoms with Crippen molar-refractivity contribution in [1.29, 1.82) is 0 Å². The molecule has 1 aromatic heterocycles. The molecule has 1 heterocycles. The van der Waals surface area contributed by atoms with Crippen molar-refractivity contribution < 1.29 is 9.59 Å². The molecule has 0 saturated heterocycles. The minimum absolute atomic E-state index is 0.171. The largest absolute Gasteiger partial charge is 0.340 e. The van der Waals surface area contributed by atoms with Gasteiger partial charge in [-0.15, -0.1) is 0 Å². The van der Waals surface area contributed by atoms with Gasteiger partial charge in [-0.3, -0.25) is 9.59 Å². The van der Waals surface area contributed by atoms with Crippen molar-refractivity contribution in [1.82, 2.24) is 15.3 Å². The number of aromatic nitrogens is 1. The van der Waals surface area contributed by atoms with E-state index in [9.17, 15) is 9.59 Å². The number of hydrogen-bond acceptors (Lipinski definition) is 3. The summed E-state index contributed by atoms with van der Waals surface area (Å²) in [5.74, 6) is -1.00. The third-order valence-corrected chi connectivity index (χ3v) is 7.23. The average Bonchev–Trinajstić information content (AvgIpc) is 3.14. The van der Waals surface area contributed by atoms with Crippen molar-refractivity contribution in [2.24, 2.45) is 11.0 Å². The molecule has 0 fully saturated rings. The van der Waals surface area contributed by atoms with Crippen LogP contribution in [0.4, 0.5) is 0 Å². The quantitative estimate of drug-likeness (QED) is 0.194. The number of benzene rings is 3. The van der Waals surface area contributed by atoms with Gasteiger partial charge < -0.3 is 9.88 Å². The van der Waals surface area contributed by atoms with Crippen LogP contribution in [0.5, 0.6) is 0 Å². The van der Waals surface area contributed by atoms with Crippen LogP contribution in [0.3, 0.4) is 0 Å². The number of aryl methyl sites for hydroxylation is 1. The monoisotopic (exact) mass is 548 g/mol. The van der Waals surface area contributed by atoms with E-state index >= 15 is 0 Å². The van der Waals surface area contributed by atoms with Gasteiger partial charge in [-0.25, -0.2) is 5.43 Å². The van der Waals surface area contributed by atoms with Crippen molar-refractivity contribution in [2.45, 2.75) is 40.3 Å². The molecule has 3 aromatic carbocycles. The zero-order valence-corrected chi connectivity index (χ0v) is 23.3. The topological polar surface area (TPSA) is 75.5 Å². The first-order valence-corrected chi connectivity index (χ1v) is 13.1. The number of hydrogen-bond donors (Lipinski definition) is 2. The fourth-order valence-corrected chi connectivity index (χ4v) is 4.74. The highest BCUT2D eigenvalue weighted by Gasteiger charge is 2.25. The Morgan fingerprint density at radius 2 is 1.74 bits per heavy atom. The molecule has 0 aliphatic carbocycles. The Hall–Kier alpha value is -3.61. The Morgan fingerprint density at radius 3 is 2.45 bits per heavy atom. The number of rotatable bonds is 8. The van der Waals surface area contributed by atoms with Gasteiger partial charge in [0.2, 0.25) is 0 Å². The standard InChI is InChI=1S/C30H30Cl2N4O2/c1-18(2)28(34-29(37)22-12-13-25(31)26(32)15-22)30(38)35-33-16-24-20(4)36(27-11-6-5-10-23(24)27)17-21-9-7-8-19(3)14-21/h5-16,18,28H,17H2,1-4H3,(H,34,37)(H,35,38)/b33-16-. The van der Waals surface area contributed by atoms with E-state index < -0.39 is 17.9 Å². The van der Waals surface area contributed by atoms with E-state index in [4.69, 9.17) is 23.2 Å². The Kier molecular flexibility index (Phi) is 8.55. The first-order valence-electron chi connectivity index (χ1n) is 12.4. The number of nitrogens with one attached hydrogen (secondary N) is 2. The van der Waals surface area contributed by atoms with Crippen molar-refractivity contribution in [2.75, 3.05) is 0 Å². The summed E-state index contributed by atoms with van der Waals surface area (Å²) in [4.78, 5) is 25.8. The number of fused-ring (bicyclic) bond motifs is 1. The van der Waals surface area contributed by atoms with Crippen LogP contribution in [0.15, 0.2) is 71.8 Å². The highest BCUT2D eigenvalue weighted by molar-refractivity contribution is 6.42. The van der Waals surface area contributed by atoms with Crippen LogP contribution in [-0.2, 0) is 11.3 Å². The van der Waals surface area contributed by atoms with Crippen molar-refractivity contribution in [3.8, 4) is 0 Å². The van der Waals surface area contributed by atoms with E-state index in [2.05, 4.69) is 57.7 Å². The van der Waals surface area contributed by atoms with Crippen LogP contribution in [0.1, 0.15) is 46.6 Å². The summed E-state index contributed by atoms with van der Waals surface area (Å²) in [6.45, 7) is 8.57.